The van der Waals surface area contributed by atoms with Gasteiger partial charge in [0.15, 0.2) is 0 Å². The predicted octanol–water partition coefficient (Wildman–Crippen LogP) is 1.72. The molecule has 0 bridgehead atoms. The van der Waals surface area contributed by atoms with Crippen LogP contribution in [0.1, 0.15) is 17.5 Å². The molecule has 0 amide bonds. The fraction of sp³-hybridized carbons (Fsp3) is 0.250. The summed E-state index contributed by atoms with van der Waals surface area (Å²) >= 11 is 0. The second-order valence-electron chi connectivity index (χ2n) is 3.56. The van der Waals surface area contributed by atoms with E-state index in [2.05, 4.69) is 11.3 Å². The molecule has 1 aromatic carbocycles. The van der Waals surface area contributed by atoms with Gasteiger partial charge >= 0.3 is 0 Å². The number of hydrogen-bond donors (Lipinski definition) is 1. The molecule has 0 aromatic heterocycles. The maximum absolute atomic E-state index is 11.8. The van der Waals surface area contributed by atoms with E-state index in [9.17, 15) is 8.42 Å². The average molecular weight is 250 g/mol. The molecule has 0 radical (unpaired) electrons. The smallest absolute Gasteiger partial charge is 0.211 e. The van der Waals surface area contributed by atoms with Crippen LogP contribution in [0.25, 0.3) is 0 Å². The van der Waals surface area contributed by atoms with E-state index in [1.807, 2.05) is 6.07 Å². The van der Waals surface area contributed by atoms with E-state index in [-0.39, 0.29) is 4.90 Å². The van der Waals surface area contributed by atoms with Crippen LogP contribution in [0.3, 0.4) is 0 Å². The largest absolute Gasteiger partial charge is 0.240 e. The lowest BCUT2D eigenvalue weighted by Gasteiger charge is -2.06. The van der Waals surface area contributed by atoms with Crippen molar-refractivity contribution in [2.24, 2.45) is 0 Å². The number of aryl methyl sites for hydroxylation is 1. The van der Waals surface area contributed by atoms with E-state index in [0.29, 0.717) is 24.1 Å². The van der Waals surface area contributed by atoms with Crippen LogP contribution in [0.2, 0.25) is 0 Å². The number of nitriles is 1. The van der Waals surface area contributed by atoms with Gasteiger partial charge in [-0.05, 0) is 37.1 Å². The molecule has 0 fully saturated rings. The molecule has 0 heterocycles. The summed E-state index contributed by atoms with van der Waals surface area (Å²) in [4.78, 5) is 0.179. The third-order valence-electron chi connectivity index (χ3n) is 2.27. The molecule has 0 saturated heterocycles. The Morgan fingerprint density at radius 2 is 2.24 bits per heavy atom. The molecule has 0 unspecified atom stereocenters. The molecule has 0 atom stereocenters. The van der Waals surface area contributed by atoms with Gasteiger partial charge in [-0.25, -0.2) is 13.1 Å². The minimum Gasteiger partial charge on any atom is -0.211 e. The van der Waals surface area contributed by atoms with Crippen LogP contribution < -0.4 is 4.72 Å². The Kier molecular flexibility index (Phi) is 4.44. The zero-order valence-electron chi connectivity index (χ0n) is 9.60. The van der Waals surface area contributed by atoms with E-state index < -0.39 is 10.0 Å². The lowest BCUT2D eigenvalue weighted by molar-refractivity contribution is 0.582. The number of rotatable bonds is 5. The summed E-state index contributed by atoms with van der Waals surface area (Å²) in [6, 6.07) is 6.44. The highest BCUT2D eigenvalue weighted by Crippen LogP contribution is 2.14. The van der Waals surface area contributed by atoms with Gasteiger partial charge in [0.25, 0.3) is 0 Å². The van der Waals surface area contributed by atoms with Crippen LogP contribution in [0.15, 0.2) is 35.7 Å². The average Bonchev–Trinajstić information content (AvgIpc) is 2.29. The molecule has 90 valence electrons. The van der Waals surface area contributed by atoms with Gasteiger partial charge in [0.2, 0.25) is 10.0 Å². The van der Waals surface area contributed by atoms with Gasteiger partial charge in [0, 0.05) is 6.54 Å². The highest BCUT2D eigenvalue weighted by Gasteiger charge is 2.13. The minimum absolute atomic E-state index is 0.179. The molecule has 1 aromatic rings. The highest BCUT2D eigenvalue weighted by molar-refractivity contribution is 7.89. The van der Waals surface area contributed by atoms with E-state index in [1.165, 1.54) is 18.2 Å². The molecule has 1 N–H and O–H groups in total. The molecular formula is C12H14N2O2S. The van der Waals surface area contributed by atoms with Crippen LogP contribution in [-0.4, -0.2) is 15.0 Å². The maximum Gasteiger partial charge on any atom is 0.240 e. The van der Waals surface area contributed by atoms with Crippen molar-refractivity contribution in [1.29, 1.82) is 5.26 Å². The lowest BCUT2D eigenvalue weighted by Crippen LogP contribution is -2.24. The van der Waals surface area contributed by atoms with E-state index in [4.69, 9.17) is 5.26 Å². The quantitative estimate of drug-likeness (QED) is 0.639. The lowest BCUT2D eigenvalue weighted by atomic mass is 10.1. The fourth-order valence-corrected chi connectivity index (χ4v) is 2.44. The summed E-state index contributed by atoms with van der Waals surface area (Å²) in [7, 11) is -3.49. The van der Waals surface area contributed by atoms with Crippen molar-refractivity contribution in [3.63, 3.8) is 0 Å². The van der Waals surface area contributed by atoms with Gasteiger partial charge in [-0.3, -0.25) is 0 Å². The molecule has 0 aliphatic heterocycles. The third-order valence-corrected chi connectivity index (χ3v) is 3.73. The SMILES string of the molecule is C=CCCNS(=O)(=O)c1ccc(C#N)c(C)c1. The zero-order chi connectivity index (χ0) is 12.9. The van der Waals surface area contributed by atoms with Crippen molar-refractivity contribution in [3.8, 4) is 6.07 Å². The summed E-state index contributed by atoms with van der Waals surface area (Å²) in [5.74, 6) is 0. The summed E-state index contributed by atoms with van der Waals surface area (Å²) in [5.41, 5.74) is 1.13. The van der Waals surface area contributed by atoms with Crippen LogP contribution in [-0.2, 0) is 10.0 Å². The number of benzene rings is 1. The Hall–Kier alpha value is -1.64. The van der Waals surface area contributed by atoms with Crippen molar-refractivity contribution in [1.82, 2.24) is 4.72 Å². The Morgan fingerprint density at radius 1 is 1.53 bits per heavy atom. The summed E-state index contributed by atoms with van der Waals surface area (Å²) in [5, 5.41) is 8.76. The fourth-order valence-electron chi connectivity index (χ4n) is 1.31. The highest BCUT2D eigenvalue weighted by atomic mass is 32.2. The van der Waals surface area contributed by atoms with Crippen molar-refractivity contribution >= 4 is 10.0 Å². The van der Waals surface area contributed by atoms with E-state index in [0.717, 1.165) is 0 Å². The molecule has 0 aliphatic carbocycles. The third kappa shape index (κ3) is 3.41. The van der Waals surface area contributed by atoms with Crippen LogP contribution in [0.5, 0.6) is 0 Å². The molecule has 0 spiro atoms. The van der Waals surface area contributed by atoms with Crippen LogP contribution in [0, 0.1) is 18.3 Å². The van der Waals surface area contributed by atoms with Gasteiger partial charge in [-0.15, -0.1) is 6.58 Å². The van der Waals surface area contributed by atoms with E-state index in [1.54, 1.807) is 13.0 Å². The topological polar surface area (TPSA) is 70.0 Å². The number of nitrogens with zero attached hydrogens (tertiary/aromatic N) is 1. The molecule has 5 heteroatoms. The van der Waals surface area contributed by atoms with Crippen molar-refractivity contribution in [3.05, 3.63) is 42.0 Å². The Morgan fingerprint density at radius 3 is 2.76 bits per heavy atom. The molecule has 0 saturated carbocycles. The first-order valence-electron chi connectivity index (χ1n) is 5.12. The van der Waals surface area contributed by atoms with Gasteiger partial charge < -0.3 is 0 Å². The van der Waals surface area contributed by atoms with E-state index >= 15 is 0 Å². The number of nitrogens with one attached hydrogen (secondary N) is 1. The van der Waals surface area contributed by atoms with Crippen LogP contribution >= 0.6 is 0 Å². The normalized spacial score (nSPS) is 10.8. The van der Waals surface area contributed by atoms with Gasteiger partial charge in [0.1, 0.15) is 0 Å². The second kappa shape index (κ2) is 5.62. The number of sulfonamides is 1. The minimum atomic E-state index is -3.49. The number of hydrogen-bond acceptors (Lipinski definition) is 3. The zero-order valence-corrected chi connectivity index (χ0v) is 10.4. The summed E-state index contributed by atoms with van der Waals surface area (Å²) in [6.45, 7) is 5.55. The standard InChI is InChI=1S/C12H14N2O2S/c1-3-4-7-14-17(15,16)12-6-5-11(9-13)10(2)8-12/h3,5-6,8,14H,1,4,7H2,2H3. The summed E-state index contributed by atoms with van der Waals surface area (Å²) in [6.07, 6.45) is 2.22. The molecule has 4 nitrogen and oxygen atoms in total. The van der Waals surface area contributed by atoms with Gasteiger partial charge in [-0.2, -0.15) is 5.26 Å². The van der Waals surface area contributed by atoms with Gasteiger partial charge in [0.05, 0.1) is 16.5 Å². The monoisotopic (exact) mass is 250 g/mol. The van der Waals surface area contributed by atoms with Crippen molar-refractivity contribution in [2.45, 2.75) is 18.2 Å². The van der Waals surface area contributed by atoms with Crippen LogP contribution in [0.4, 0.5) is 0 Å². The molecule has 1 rings (SSSR count). The predicted molar refractivity (Wildman–Crippen MR) is 65.9 cm³/mol. The molecule has 0 aliphatic rings. The maximum atomic E-state index is 11.8. The Bertz CT molecular complexity index is 556. The first kappa shape index (κ1) is 13.4. The van der Waals surface area contributed by atoms with Gasteiger partial charge in [-0.1, -0.05) is 6.08 Å². The summed E-state index contributed by atoms with van der Waals surface area (Å²) < 4.78 is 26.1. The second-order valence-corrected chi connectivity index (χ2v) is 5.33. The van der Waals surface area contributed by atoms with Crippen molar-refractivity contribution < 1.29 is 8.42 Å². The van der Waals surface area contributed by atoms with Crippen molar-refractivity contribution in [2.75, 3.05) is 6.54 Å². The Labute approximate surface area is 102 Å². The first-order chi connectivity index (χ1) is 8.01. The molecular weight excluding hydrogens is 236 g/mol. The first-order valence-corrected chi connectivity index (χ1v) is 6.61. The Balaban J connectivity index is 2.96. The molecule has 17 heavy (non-hydrogen) atoms.